The van der Waals surface area contributed by atoms with Crippen molar-refractivity contribution in [3.8, 4) is 0 Å². The van der Waals surface area contributed by atoms with Crippen LogP contribution in [-0.2, 0) is 16.1 Å². The lowest BCUT2D eigenvalue weighted by Gasteiger charge is -2.04. The van der Waals surface area contributed by atoms with E-state index >= 15 is 0 Å². The van der Waals surface area contributed by atoms with Gasteiger partial charge < -0.3 is 10.4 Å². The normalized spacial score (nSPS) is 9.88. The summed E-state index contributed by atoms with van der Waals surface area (Å²) in [5, 5.41) is 10.6. The molecule has 1 amide bonds. The SMILES string of the molecule is O=C(O)CC(=O)NCc1ccc(F)c(F)c1. The van der Waals surface area contributed by atoms with Crippen LogP contribution in [0.2, 0.25) is 0 Å². The summed E-state index contributed by atoms with van der Waals surface area (Å²) in [5.41, 5.74) is 0.359. The summed E-state index contributed by atoms with van der Waals surface area (Å²) in [6.45, 7) is -0.0384. The zero-order valence-corrected chi connectivity index (χ0v) is 8.17. The molecule has 2 N–H and O–H groups in total. The number of carboxylic acid groups (broad SMARTS) is 1. The first-order valence-electron chi connectivity index (χ1n) is 4.41. The maximum atomic E-state index is 12.7. The molecule has 16 heavy (non-hydrogen) atoms. The average Bonchev–Trinajstić information content (AvgIpc) is 2.19. The fraction of sp³-hybridized carbons (Fsp3) is 0.200. The van der Waals surface area contributed by atoms with E-state index in [1.54, 1.807) is 0 Å². The molecule has 0 heterocycles. The Morgan fingerprint density at radius 2 is 1.94 bits per heavy atom. The molecular formula is C10H9F2NO3. The van der Waals surface area contributed by atoms with Crippen LogP contribution < -0.4 is 5.32 Å². The number of nitrogens with one attached hydrogen (secondary N) is 1. The van der Waals surface area contributed by atoms with Crippen LogP contribution in [-0.4, -0.2) is 17.0 Å². The molecular weight excluding hydrogens is 220 g/mol. The number of hydrogen-bond acceptors (Lipinski definition) is 2. The lowest BCUT2D eigenvalue weighted by molar-refractivity contribution is -0.140. The molecule has 1 aromatic carbocycles. The molecule has 0 saturated heterocycles. The Labute approximate surface area is 89.9 Å². The first kappa shape index (κ1) is 12.1. The lowest BCUT2D eigenvalue weighted by Crippen LogP contribution is -2.25. The Morgan fingerprint density at radius 3 is 2.50 bits per heavy atom. The molecule has 1 rings (SSSR count). The van der Waals surface area contributed by atoms with Crippen molar-refractivity contribution >= 4 is 11.9 Å². The Balaban J connectivity index is 2.51. The predicted octanol–water partition coefficient (Wildman–Crippen LogP) is 1.06. The lowest BCUT2D eigenvalue weighted by atomic mass is 10.2. The van der Waals surface area contributed by atoms with Crippen LogP contribution in [0.25, 0.3) is 0 Å². The van der Waals surface area contributed by atoms with Gasteiger partial charge in [0.05, 0.1) is 0 Å². The second kappa shape index (κ2) is 5.20. The van der Waals surface area contributed by atoms with Crippen molar-refractivity contribution in [2.45, 2.75) is 13.0 Å². The summed E-state index contributed by atoms with van der Waals surface area (Å²) in [7, 11) is 0. The highest BCUT2D eigenvalue weighted by Gasteiger charge is 2.07. The van der Waals surface area contributed by atoms with Crippen LogP contribution in [0.1, 0.15) is 12.0 Å². The molecule has 0 unspecified atom stereocenters. The molecule has 0 bridgehead atoms. The third-order valence-electron chi connectivity index (χ3n) is 1.79. The highest BCUT2D eigenvalue weighted by atomic mass is 19.2. The Kier molecular flexibility index (Phi) is 3.93. The smallest absolute Gasteiger partial charge is 0.312 e. The van der Waals surface area contributed by atoms with Crippen molar-refractivity contribution in [1.82, 2.24) is 5.32 Å². The maximum absolute atomic E-state index is 12.7. The summed E-state index contributed by atoms with van der Waals surface area (Å²) >= 11 is 0. The summed E-state index contributed by atoms with van der Waals surface area (Å²) in [6.07, 6.45) is -0.649. The number of carbonyl (C=O) groups excluding carboxylic acids is 1. The number of halogens is 2. The minimum atomic E-state index is -1.25. The molecule has 1 aromatic rings. The van der Waals surface area contributed by atoms with Crippen molar-refractivity contribution < 1.29 is 23.5 Å². The van der Waals surface area contributed by atoms with Crippen LogP contribution in [0.3, 0.4) is 0 Å². The summed E-state index contributed by atoms with van der Waals surface area (Å²) in [6, 6.07) is 3.18. The van der Waals surface area contributed by atoms with Gasteiger partial charge in [0.2, 0.25) is 5.91 Å². The van der Waals surface area contributed by atoms with Crippen LogP contribution in [0.5, 0.6) is 0 Å². The maximum Gasteiger partial charge on any atom is 0.312 e. The molecule has 0 spiro atoms. The molecule has 86 valence electrons. The van der Waals surface area contributed by atoms with E-state index < -0.39 is 29.9 Å². The number of carboxylic acids is 1. The third-order valence-corrected chi connectivity index (χ3v) is 1.79. The van der Waals surface area contributed by atoms with E-state index in [4.69, 9.17) is 5.11 Å². The monoisotopic (exact) mass is 229 g/mol. The fourth-order valence-electron chi connectivity index (χ4n) is 1.05. The highest BCUT2D eigenvalue weighted by Crippen LogP contribution is 2.08. The molecule has 4 nitrogen and oxygen atoms in total. The zero-order chi connectivity index (χ0) is 12.1. The summed E-state index contributed by atoms with van der Waals surface area (Å²) < 4.78 is 25.3. The first-order valence-corrected chi connectivity index (χ1v) is 4.41. The fourth-order valence-corrected chi connectivity index (χ4v) is 1.05. The van der Waals surface area contributed by atoms with Crippen molar-refractivity contribution in [3.63, 3.8) is 0 Å². The third kappa shape index (κ3) is 3.64. The number of hydrogen-bond donors (Lipinski definition) is 2. The summed E-state index contributed by atoms with van der Waals surface area (Å²) in [5.74, 6) is -3.91. The first-order chi connectivity index (χ1) is 7.49. The van der Waals surface area contributed by atoms with Gasteiger partial charge in [-0.15, -0.1) is 0 Å². The second-order valence-electron chi connectivity index (χ2n) is 3.10. The van der Waals surface area contributed by atoms with Gasteiger partial charge in [0.25, 0.3) is 0 Å². The van der Waals surface area contributed by atoms with Crippen LogP contribution in [0.15, 0.2) is 18.2 Å². The molecule has 0 saturated carbocycles. The van der Waals surface area contributed by atoms with Gasteiger partial charge in [-0.1, -0.05) is 6.07 Å². The van der Waals surface area contributed by atoms with Crippen molar-refractivity contribution in [1.29, 1.82) is 0 Å². The van der Waals surface area contributed by atoms with Crippen molar-refractivity contribution in [2.75, 3.05) is 0 Å². The molecule has 0 aromatic heterocycles. The minimum absolute atomic E-state index is 0.0384. The Bertz CT molecular complexity index is 421. The summed E-state index contributed by atoms with van der Waals surface area (Å²) in [4.78, 5) is 21.1. The van der Waals surface area contributed by atoms with Crippen LogP contribution in [0.4, 0.5) is 8.78 Å². The topological polar surface area (TPSA) is 66.4 Å². The van der Waals surface area contributed by atoms with Gasteiger partial charge in [0.15, 0.2) is 11.6 Å². The number of rotatable bonds is 4. The van der Waals surface area contributed by atoms with Gasteiger partial charge in [0.1, 0.15) is 6.42 Å². The van der Waals surface area contributed by atoms with Crippen molar-refractivity contribution in [3.05, 3.63) is 35.4 Å². The van der Waals surface area contributed by atoms with E-state index in [1.165, 1.54) is 6.07 Å². The Morgan fingerprint density at radius 1 is 1.25 bits per heavy atom. The molecule has 0 radical (unpaired) electrons. The molecule has 0 aliphatic rings. The van der Waals surface area contributed by atoms with Gasteiger partial charge in [-0.25, -0.2) is 8.78 Å². The van der Waals surface area contributed by atoms with Gasteiger partial charge in [-0.2, -0.15) is 0 Å². The number of carbonyl (C=O) groups is 2. The molecule has 0 fully saturated rings. The number of benzene rings is 1. The average molecular weight is 229 g/mol. The minimum Gasteiger partial charge on any atom is -0.481 e. The largest absolute Gasteiger partial charge is 0.481 e. The van der Waals surface area contributed by atoms with E-state index in [0.29, 0.717) is 5.56 Å². The van der Waals surface area contributed by atoms with E-state index in [1.807, 2.05) is 0 Å². The standard InChI is InChI=1S/C10H9F2NO3/c11-7-2-1-6(3-8(7)12)5-13-9(14)4-10(15)16/h1-3H,4-5H2,(H,13,14)(H,15,16). The van der Waals surface area contributed by atoms with Gasteiger partial charge in [-0.3, -0.25) is 9.59 Å². The molecule has 0 atom stereocenters. The molecule has 6 heteroatoms. The quantitative estimate of drug-likeness (QED) is 0.758. The van der Waals surface area contributed by atoms with E-state index in [-0.39, 0.29) is 6.54 Å². The number of aliphatic carboxylic acids is 1. The molecule has 0 aliphatic carbocycles. The van der Waals surface area contributed by atoms with E-state index in [9.17, 15) is 18.4 Å². The van der Waals surface area contributed by atoms with Crippen LogP contribution in [0, 0.1) is 11.6 Å². The van der Waals surface area contributed by atoms with Crippen molar-refractivity contribution in [2.24, 2.45) is 0 Å². The van der Waals surface area contributed by atoms with Gasteiger partial charge in [0, 0.05) is 6.54 Å². The van der Waals surface area contributed by atoms with E-state index in [2.05, 4.69) is 5.32 Å². The Hall–Kier alpha value is -1.98. The zero-order valence-electron chi connectivity index (χ0n) is 8.17. The number of amides is 1. The molecule has 0 aliphatic heterocycles. The predicted molar refractivity (Wildman–Crippen MR) is 50.5 cm³/mol. The highest BCUT2D eigenvalue weighted by molar-refractivity contribution is 5.93. The second-order valence-corrected chi connectivity index (χ2v) is 3.10. The van der Waals surface area contributed by atoms with Crippen LogP contribution >= 0.6 is 0 Å². The van der Waals surface area contributed by atoms with Gasteiger partial charge >= 0.3 is 5.97 Å². The van der Waals surface area contributed by atoms with E-state index in [0.717, 1.165) is 12.1 Å². The van der Waals surface area contributed by atoms with Gasteiger partial charge in [-0.05, 0) is 17.7 Å².